The number of benzene rings is 1. The number of alkyl halides is 3. The number of aromatic carboxylic acids is 1. The van der Waals surface area contributed by atoms with Crippen molar-refractivity contribution < 1.29 is 27.9 Å². The zero-order valence-electron chi connectivity index (χ0n) is 11.8. The van der Waals surface area contributed by atoms with Gasteiger partial charge in [-0.15, -0.1) is 0 Å². The molecular weight excluding hydrogens is 313 g/mol. The van der Waals surface area contributed by atoms with Crippen molar-refractivity contribution in [2.45, 2.75) is 13.1 Å². The summed E-state index contributed by atoms with van der Waals surface area (Å²) in [5.41, 5.74) is -0.555. The van der Waals surface area contributed by atoms with Crippen LogP contribution in [0.4, 0.5) is 18.9 Å². The highest BCUT2D eigenvalue weighted by molar-refractivity contribution is 6.03. The molecule has 0 spiro atoms. The zero-order chi connectivity index (χ0) is 17.2. The van der Waals surface area contributed by atoms with Crippen LogP contribution in [0.15, 0.2) is 36.4 Å². The maximum atomic E-state index is 12.4. The second kappa shape index (κ2) is 6.07. The summed E-state index contributed by atoms with van der Waals surface area (Å²) in [5, 5.41) is 11.3. The van der Waals surface area contributed by atoms with Gasteiger partial charge in [-0.25, -0.2) is 9.78 Å². The Balaban J connectivity index is 2.16. The Labute approximate surface area is 128 Å². The van der Waals surface area contributed by atoms with Crippen LogP contribution in [-0.2, 0) is 6.18 Å². The van der Waals surface area contributed by atoms with E-state index in [2.05, 4.69) is 10.3 Å². The Hall–Kier alpha value is -2.90. The number of halogens is 3. The maximum absolute atomic E-state index is 12.4. The Morgan fingerprint density at radius 1 is 1.09 bits per heavy atom. The molecule has 1 aromatic heterocycles. The second-order valence-electron chi connectivity index (χ2n) is 4.66. The third kappa shape index (κ3) is 3.85. The van der Waals surface area contributed by atoms with Crippen molar-refractivity contribution >= 4 is 17.6 Å². The molecule has 0 saturated carbocycles. The first-order valence-electron chi connectivity index (χ1n) is 6.38. The third-order valence-electron chi connectivity index (χ3n) is 3.02. The highest BCUT2D eigenvalue weighted by Gasteiger charge is 2.30. The van der Waals surface area contributed by atoms with Crippen molar-refractivity contribution in [3.8, 4) is 0 Å². The largest absolute Gasteiger partial charge is 0.478 e. The molecule has 5 nitrogen and oxygen atoms in total. The van der Waals surface area contributed by atoms with Gasteiger partial charge in [-0.3, -0.25) is 4.79 Å². The molecule has 2 aromatic rings. The molecule has 0 saturated heterocycles. The molecule has 0 bridgehead atoms. The summed E-state index contributed by atoms with van der Waals surface area (Å²) in [7, 11) is 0. The number of aryl methyl sites for hydroxylation is 1. The minimum Gasteiger partial charge on any atom is -0.478 e. The number of aromatic nitrogens is 1. The Bertz CT molecular complexity index is 756. The van der Waals surface area contributed by atoms with Crippen LogP contribution >= 0.6 is 0 Å². The van der Waals surface area contributed by atoms with Crippen LogP contribution in [0.3, 0.4) is 0 Å². The molecule has 1 heterocycles. The lowest BCUT2D eigenvalue weighted by molar-refractivity contribution is -0.137. The summed E-state index contributed by atoms with van der Waals surface area (Å²) in [6.07, 6.45) is -4.45. The molecule has 0 fully saturated rings. The molecule has 2 N–H and O–H groups in total. The van der Waals surface area contributed by atoms with Gasteiger partial charge in [0.05, 0.1) is 16.8 Å². The van der Waals surface area contributed by atoms with Crippen LogP contribution in [0.2, 0.25) is 0 Å². The topological polar surface area (TPSA) is 79.3 Å². The number of carboxylic acid groups (broad SMARTS) is 1. The minimum absolute atomic E-state index is 0.0314. The van der Waals surface area contributed by atoms with Crippen molar-refractivity contribution in [3.05, 3.63) is 58.9 Å². The van der Waals surface area contributed by atoms with Crippen molar-refractivity contribution in [1.29, 1.82) is 0 Å². The molecule has 0 aliphatic heterocycles. The lowest BCUT2D eigenvalue weighted by atomic mass is 10.1. The summed E-state index contributed by atoms with van der Waals surface area (Å²) in [6, 6.07) is 6.42. The van der Waals surface area contributed by atoms with Gasteiger partial charge in [-0.1, -0.05) is 0 Å². The molecule has 1 aromatic carbocycles. The predicted molar refractivity (Wildman–Crippen MR) is 75.3 cm³/mol. The molecule has 0 aliphatic carbocycles. The van der Waals surface area contributed by atoms with Gasteiger partial charge in [-0.2, -0.15) is 13.2 Å². The van der Waals surface area contributed by atoms with Crippen LogP contribution in [0, 0.1) is 6.92 Å². The van der Waals surface area contributed by atoms with Crippen molar-refractivity contribution in [2.24, 2.45) is 0 Å². The molecular formula is C15H11F3N2O3. The van der Waals surface area contributed by atoms with Gasteiger partial charge in [0, 0.05) is 5.69 Å². The zero-order valence-corrected chi connectivity index (χ0v) is 11.8. The van der Waals surface area contributed by atoms with Gasteiger partial charge in [0.1, 0.15) is 5.69 Å². The number of carbonyl (C=O) groups excluding carboxylic acids is 1. The normalized spacial score (nSPS) is 11.1. The smallest absolute Gasteiger partial charge is 0.416 e. The molecule has 8 heteroatoms. The first-order valence-corrected chi connectivity index (χ1v) is 6.38. The standard InChI is InChI=1S/C15H11F3N2O3/c1-8-11(14(22)23)6-7-12(19-8)13(21)20-10-4-2-9(3-5-10)15(16,17)18/h2-7H,1H3,(H,20,21)(H,22,23). The Morgan fingerprint density at radius 2 is 1.70 bits per heavy atom. The summed E-state index contributed by atoms with van der Waals surface area (Å²) < 4.78 is 37.3. The number of rotatable bonds is 3. The second-order valence-corrected chi connectivity index (χ2v) is 4.66. The average molecular weight is 324 g/mol. The van der Waals surface area contributed by atoms with E-state index in [0.717, 1.165) is 24.3 Å². The van der Waals surface area contributed by atoms with E-state index >= 15 is 0 Å². The lowest BCUT2D eigenvalue weighted by Crippen LogP contribution is -2.15. The van der Waals surface area contributed by atoms with E-state index < -0.39 is 23.6 Å². The summed E-state index contributed by atoms with van der Waals surface area (Å²) in [4.78, 5) is 26.7. The number of hydrogen-bond donors (Lipinski definition) is 2. The molecule has 0 atom stereocenters. The number of carbonyl (C=O) groups is 2. The monoisotopic (exact) mass is 324 g/mol. The van der Waals surface area contributed by atoms with Crippen LogP contribution in [-0.4, -0.2) is 22.0 Å². The van der Waals surface area contributed by atoms with E-state index in [9.17, 15) is 22.8 Å². The van der Waals surface area contributed by atoms with Crippen LogP contribution in [0.1, 0.15) is 32.1 Å². The van der Waals surface area contributed by atoms with Crippen LogP contribution in [0.5, 0.6) is 0 Å². The van der Waals surface area contributed by atoms with Gasteiger partial charge in [0.2, 0.25) is 0 Å². The van der Waals surface area contributed by atoms with E-state index in [0.29, 0.717) is 0 Å². The summed E-state index contributed by atoms with van der Waals surface area (Å²) in [5.74, 6) is -1.81. The molecule has 2 rings (SSSR count). The molecule has 1 amide bonds. The molecule has 0 aliphatic rings. The SMILES string of the molecule is Cc1nc(C(=O)Nc2ccc(C(F)(F)F)cc2)ccc1C(=O)O. The number of anilines is 1. The fraction of sp³-hybridized carbons (Fsp3) is 0.133. The van der Waals surface area contributed by atoms with E-state index in [1.807, 2.05) is 0 Å². The molecule has 0 radical (unpaired) electrons. The number of carboxylic acids is 1. The summed E-state index contributed by atoms with van der Waals surface area (Å²) >= 11 is 0. The van der Waals surface area contributed by atoms with Crippen molar-refractivity contribution in [1.82, 2.24) is 4.98 Å². The number of amides is 1. The maximum Gasteiger partial charge on any atom is 0.416 e. The van der Waals surface area contributed by atoms with Crippen molar-refractivity contribution in [3.63, 3.8) is 0 Å². The number of pyridine rings is 1. The quantitative estimate of drug-likeness (QED) is 0.907. The van der Waals surface area contributed by atoms with E-state index in [-0.39, 0.29) is 22.6 Å². The minimum atomic E-state index is -4.45. The highest BCUT2D eigenvalue weighted by Crippen LogP contribution is 2.29. The van der Waals surface area contributed by atoms with Gasteiger partial charge < -0.3 is 10.4 Å². The van der Waals surface area contributed by atoms with Crippen molar-refractivity contribution in [2.75, 3.05) is 5.32 Å². The molecule has 0 unspecified atom stereocenters. The molecule has 23 heavy (non-hydrogen) atoms. The van der Waals surface area contributed by atoms with Gasteiger partial charge >= 0.3 is 12.1 Å². The lowest BCUT2D eigenvalue weighted by Gasteiger charge is -2.09. The average Bonchev–Trinajstić information content (AvgIpc) is 2.46. The van der Waals surface area contributed by atoms with Crippen LogP contribution < -0.4 is 5.32 Å². The number of hydrogen-bond acceptors (Lipinski definition) is 3. The highest BCUT2D eigenvalue weighted by atomic mass is 19.4. The first kappa shape index (κ1) is 16.5. The van der Waals surface area contributed by atoms with E-state index in [1.54, 1.807) is 0 Å². The van der Waals surface area contributed by atoms with E-state index in [4.69, 9.17) is 5.11 Å². The van der Waals surface area contributed by atoms with Crippen LogP contribution in [0.25, 0.3) is 0 Å². The molecule has 120 valence electrons. The fourth-order valence-electron chi connectivity index (χ4n) is 1.85. The Morgan fingerprint density at radius 3 is 2.17 bits per heavy atom. The van der Waals surface area contributed by atoms with E-state index in [1.165, 1.54) is 19.1 Å². The fourth-order valence-corrected chi connectivity index (χ4v) is 1.85. The van der Waals surface area contributed by atoms with Gasteiger partial charge in [0.15, 0.2) is 0 Å². The number of nitrogens with one attached hydrogen (secondary N) is 1. The van der Waals surface area contributed by atoms with Gasteiger partial charge in [0.25, 0.3) is 5.91 Å². The third-order valence-corrected chi connectivity index (χ3v) is 3.02. The van der Waals surface area contributed by atoms with Gasteiger partial charge in [-0.05, 0) is 43.3 Å². The number of nitrogens with zero attached hydrogens (tertiary/aromatic N) is 1. The Kier molecular flexibility index (Phi) is 4.35. The predicted octanol–water partition coefficient (Wildman–Crippen LogP) is 3.36. The first-order chi connectivity index (χ1) is 10.7. The summed E-state index contributed by atoms with van der Waals surface area (Å²) in [6.45, 7) is 1.44.